The lowest BCUT2D eigenvalue weighted by molar-refractivity contribution is 1.55. The maximum absolute atomic E-state index is 2.43. The number of allylic oxidation sites excluding steroid dienone is 2. The molecule has 7 aromatic carbocycles. The molecule has 0 N–H and O–H groups in total. The SMILES string of the molecule is C1=Cc2ccc(C3=C4C(=C(c5ccccc5)c5cc6ccccc6cc54)c4cc5ccccc5cc43)c3cccc1c23. The quantitative estimate of drug-likeness (QED) is 0.209. The summed E-state index contributed by atoms with van der Waals surface area (Å²) < 4.78 is 0. The summed E-state index contributed by atoms with van der Waals surface area (Å²) in [4.78, 5) is 0. The fourth-order valence-electron chi connectivity index (χ4n) is 7.69. The van der Waals surface area contributed by atoms with Gasteiger partial charge in [-0.1, -0.05) is 121 Å². The van der Waals surface area contributed by atoms with Crippen molar-refractivity contribution in [3.63, 3.8) is 0 Å². The molecule has 0 nitrogen and oxygen atoms in total. The molecule has 0 atom stereocenters. The molecule has 10 rings (SSSR count). The zero-order valence-electron chi connectivity index (χ0n) is 22.9. The molecule has 0 amide bonds. The van der Waals surface area contributed by atoms with E-state index in [2.05, 4.69) is 146 Å². The van der Waals surface area contributed by atoms with E-state index in [1.165, 1.54) is 99.1 Å². The van der Waals surface area contributed by atoms with E-state index in [1.807, 2.05) is 0 Å². The van der Waals surface area contributed by atoms with Gasteiger partial charge in [0.2, 0.25) is 0 Å². The number of benzene rings is 7. The van der Waals surface area contributed by atoms with Crippen molar-refractivity contribution in [2.75, 3.05) is 0 Å². The Kier molecular flexibility index (Phi) is 4.27. The van der Waals surface area contributed by atoms with Crippen molar-refractivity contribution in [1.29, 1.82) is 0 Å². The van der Waals surface area contributed by atoms with Crippen LogP contribution in [0.5, 0.6) is 0 Å². The first-order chi connectivity index (χ1) is 20.8. The molecule has 0 unspecified atom stereocenters. The molecule has 0 heteroatoms. The number of fused-ring (bicyclic) bond motifs is 7. The van der Waals surface area contributed by atoms with E-state index in [-0.39, 0.29) is 0 Å². The normalized spacial score (nSPS) is 14.4. The maximum atomic E-state index is 2.43. The summed E-state index contributed by atoms with van der Waals surface area (Å²) in [5, 5.41) is 7.81. The first-order valence-electron chi connectivity index (χ1n) is 14.7. The van der Waals surface area contributed by atoms with Crippen LogP contribution in [0.2, 0.25) is 0 Å². The first-order valence-corrected chi connectivity index (χ1v) is 14.7. The largest absolute Gasteiger partial charge is 0.0622 e. The van der Waals surface area contributed by atoms with E-state index in [1.54, 1.807) is 0 Å². The van der Waals surface area contributed by atoms with Crippen molar-refractivity contribution < 1.29 is 0 Å². The Morgan fingerprint density at radius 3 is 1.43 bits per heavy atom. The lowest BCUT2D eigenvalue weighted by atomic mass is 9.87. The fourth-order valence-corrected chi connectivity index (χ4v) is 7.69. The topological polar surface area (TPSA) is 0 Å². The smallest absolute Gasteiger partial charge is 0.000718 e. The van der Waals surface area contributed by atoms with Crippen molar-refractivity contribution in [3.05, 3.63) is 178 Å². The van der Waals surface area contributed by atoms with Gasteiger partial charge in [0.05, 0.1) is 0 Å². The predicted molar refractivity (Wildman–Crippen MR) is 179 cm³/mol. The minimum Gasteiger partial charge on any atom is -0.0622 e. The molecule has 0 spiro atoms. The second-order valence-electron chi connectivity index (χ2n) is 11.7. The van der Waals surface area contributed by atoms with Crippen LogP contribution in [0.15, 0.2) is 133 Å². The highest BCUT2D eigenvalue weighted by molar-refractivity contribution is 6.37. The summed E-state index contributed by atoms with van der Waals surface area (Å²) in [6, 6.07) is 49.7. The standard InChI is InChI=1S/C42H24/c1-2-9-25(10-3-1)39-34-21-28-11-4-6-13-30(28)23-36(34)42-40(33-20-19-27-18-17-26-15-8-16-32(33)38(26)27)35-22-29-12-5-7-14-31(29)24-37(35)41(39)42/h1-24H. The van der Waals surface area contributed by atoms with E-state index in [4.69, 9.17) is 0 Å². The molecular formula is C42H24. The molecule has 192 valence electrons. The van der Waals surface area contributed by atoms with Gasteiger partial charge in [0.25, 0.3) is 0 Å². The average Bonchev–Trinajstić information content (AvgIpc) is 3.70. The van der Waals surface area contributed by atoms with Gasteiger partial charge in [0.15, 0.2) is 0 Å². The zero-order valence-corrected chi connectivity index (χ0v) is 22.9. The van der Waals surface area contributed by atoms with Crippen molar-refractivity contribution in [1.82, 2.24) is 0 Å². The van der Waals surface area contributed by atoms with Gasteiger partial charge in [0, 0.05) is 0 Å². The van der Waals surface area contributed by atoms with Gasteiger partial charge in [-0.3, -0.25) is 0 Å². The van der Waals surface area contributed by atoms with Gasteiger partial charge in [-0.2, -0.15) is 0 Å². The van der Waals surface area contributed by atoms with Crippen LogP contribution in [-0.2, 0) is 0 Å². The number of hydrogen-bond acceptors (Lipinski definition) is 0. The molecule has 0 bridgehead atoms. The van der Waals surface area contributed by atoms with Crippen LogP contribution in [0.25, 0.3) is 66.8 Å². The Bertz CT molecular complexity index is 2420. The molecule has 3 aliphatic rings. The van der Waals surface area contributed by atoms with E-state index in [0.29, 0.717) is 0 Å². The zero-order chi connectivity index (χ0) is 27.4. The monoisotopic (exact) mass is 528 g/mol. The summed E-state index contributed by atoms with van der Waals surface area (Å²) in [5.74, 6) is 0. The highest BCUT2D eigenvalue weighted by Gasteiger charge is 2.38. The van der Waals surface area contributed by atoms with Crippen molar-refractivity contribution >= 4 is 66.8 Å². The van der Waals surface area contributed by atoms with Gasteiger partial charge < -0.3 is 0 Å². The highest BCUT2D eigenvalue weighted by Crippen LogP contribution is 2.60. The van der Waals surface area contributed by atoms with Crippen LogP contribution in [0.3, 0.4) is 0 Å². The molecule has 3 aliphatic carbocycles. The van der Waals surface area contributed by atoms with Crippen LogP contribution in [0.1, 0.15) is 44.5 Å². The van der Waals surface area contributed by atoms with Crippen LogP contribution in [0, 0.1) is 0 Å². The first kappa shape index (κ1) is 22.3. The molecule has 0 fully saturated rings. The van der Waals surface area contributed by atoms with E-state index < -0.39 is 0 Å². The van der Waals surface area contributed by atoms with E-state index in [0.717, 1.165) is 0 Å². The molecule has 0 saturated heterocycles. The van der Waals surface area contributed by atoms with Crippen LogP contribution < -0.4 is 0 Å². The van der Waals surface area contributed by atoms with E-state index in [9.17, 15) is 0 Å². The minimum absolute atomic E-state index is 1.27. The van der Waals surface area contributed by atoms with Crippen LogP contribution in [0.4, 0.5) is 0 Å². The van der Waals surface area contributed by atoms with Crippen LogP contribution in [-0.4, -0.2) is 0 Å². The number of hydrogen-bond donors (Lipinski definition) is 0. The van der Waals surface area contributed by atoms with Crippen molar-refractivity contribution in [3.8, 4) is 0 Å². The molecule has 0 aromatic heterocycles. The summed E-state index contributed by atoms with van der Waals surface area (Å²) in [6.45, 7) is 0. The Morgan fingerprint density at radius 1 is 0.310 bits per heavy atom. The lowest BCUT2D eigenvalue weighted by Crippen LogP contribution is -1.95. The summed E-state index contributed by atoms with van der Waals surface area (Å²) in [7, 11) is 0. The van der Waals surface area contributed by atoms with Gasteiger partial charge in [0.1, 0.15) is 0 Å². The summed E-state index contributed by atoms with van der Waals surface area (Å²) in [5.41, 5.74) is 15.9. The second-order valence-corrected chi connectivity index (χ2v) is 11.7. The molecule has 0 radical (unpaired) electrons. The third-order valence-corrected chi connectivity index (χ3v) is 9.48. The van der Waals surface area contributed by atoms with Crippen molar-refractivity contribution in [2.24, 2.45) is 0 Å². The van der Waals surface area contributed by atoms with Crippen molar-refractivity contribution in [2.45, 2.75) is 0 Å². The second kappa shape index (κ2) is 8.06. The molecular weight excluding hydrogens is 504 g/mol. The molecule has 42 heavy (non-hydrogen) atoms. The average molecular weight is 529 g/mol. The third kappa shape index (κ3) is 2.86. The summed E-state index contributed by atoms with van der Waals surface area (Å²) in [6.07, 6.45) is 4.51. The predicted octanol–water partition coefficient (Wildman–Crippen LogP) is 10.9. The van der Waals surface area contributed by atoms with Gasteiger partial charge in [-0.15, -0.1) is 0 Å². The van der Waals surface area contributed by atoms with E-state index >= 15 is 0 Å². The molecule has 0 aliphatic heterocycles. The minimum atomic E-state index is 1.27. The fraction of sp³-hybridized carbons (Fsp3) is 0. The van der Waals surface area contributed by atoms with Gasteiger partial charge in [-0.05, 0) is 123 Å². The van der Waals surface area contributed by atoms with Gasteiger partial charge in [-0.25, -0.2) is 0 Å². The lowest BCUT2D eigenvalue weighted by Gasteiger charge is -2.16. The highest BCUT2D eigenvalue weighted by atomic mass is 14.4. The Labute approximate surface area is 244 Å². The molecule has 0 saturated carbocycles. The molecule has 7 aromatic rings. The van der Waals surface area contributed by atoms with Gasteiger partial charge >= 0.3 is 0 Å². The Hall–Kier alpha value is -5.46. The summed E-state index contributed by atoms with van der Waals surface area (Å²) >= 11 is 0. The Morgan fingerprint density at radius 2 is 0.810 bits per heavy atom. The maximum Gasteiger partial charge on any atom is -0.000718 e. The Balaban J connectivity index is 1.42. The number of rotatable bonds is 2. The van der Waals surface area contributed by atoms with Crippen LogP contribution >= 0.6 is 0 Å². The third-order valence-electron chi connectivity index (χ3n) is 9.48. The molecule has 0 heterocycles.